The summed E-state index contributed by atoms with van der Waals surface area (Å²) in [5.41, 5.74) is 0.748. The number of aromatic hydroxyl groups is 1. The Bertz CT molecular complexity index is 402. The van der Waals surface area contributed by atoms with Gasteiger partial charge in [0.2, 0.25) is 0 Å². The number of phenols is 1. The third kappa shape index (κ3) is 4.14. The number of hydrogen-bond donors (Lipinski definition) is 1. The number of phenolic OH excluding ortho intramolecular Hbond substituents is 1. The maximum absolute atomic E-state index is 12.1. The number of nitrogens with zero attached hydrogens (tertiary/aromatic N) is 1. The van der Waals surface area contributed by atoms with Gasteiger partial charge in [0.1, 0.15) is 11.5 Å². The number of hydrogen-bond acceptors (Lipinski definition) is 3. The van der Waals surface area contributed by atoms with Crippen LogP contribution >= 0.6 is 0 Å². The third-order valence-electron chi connectivity index (χ3n) is 2.07. The number of rotatable bonds is 3. The van der Waals surface area contributed by atoms with Gasteiger partial charge in [0.05, 0.1) is 0 Å². The molecule has 1 N–H and O–H groups in total. The van der Waals surface area contributed by atoms with Crippen molar-refractivity contribution in [3.63, 3.8) is 0 Å². The van der Waals surface area contributed by atoms with Crippen LogP contribution in [0.4, 0.5) is 13.2 Å². The molecule has 0 aliphatic carbocycles. The Morgan fingerprint density at radius 2 is 1.88 bits per heavy atom. The van der Waals surface area contributed by atoms with E-state index in [0.717, 1.165) is 6.07 Å². The molecule has 3 nitrogen and oxygen atoms in total. The standard InChI is InChI=1S/C11H14F3NO2/c1-7-4-9(17-11(12,13)14)5-8(10(7)16)6-15(2)3/h4-5,16H,6H2,1-3H3. The Balaban J connectivity index is 3.06. The second kappa shape index (κ2) is 4.83. The van der Waals surface area contributed by atoms with E-state index in [-0.39, 0.29) is 11.5 Å². The molecule has 0 saturated heterocycles. The molecule has 6 heteroatoms. The van der Waals surface area contributed by atoms with Crippen LogP contribution in [0.25, 0.3) is 0 Å². The average molecular weight is 249 g/mol. The number of benzene rings is 1. The van der Waals surface area contributed by atoms with Crippen LogP contribution in [-0.4, -0.2) is 30.5 Å². The Morgan fingerprint density at radius 3 is 2.35 bits per heavy atom. The van der Waals surface area contributed by atoms with E-state index in [1.807, 2.05) is 0 Å². The normalized spacial score (nSPS) is 11.9. The number of ether oxygens (including phenoxy) is 1. The molecule has 0 saturated carbocycles. The number of aryl methyl sites for hydroxylation is 1. The first-order chi connectivity index (χ1) is 7.69. The lowest BCUT2D eigenvalue weighted by molar-refractivity contribution is -0.274. The molecule has 17 heavy (non-hydrogen) atoms. The van der Waals surface area contributed by atoms with Crippen LogP contribution in [0.3, 0.4) is 0 Å². The maximum atomic E-state index is 12.1. The highest BCUT2D eigenvalue weighted by atomic mass is 19.4. The van der Waals surface area contributed by atoms with E-state index in [4.69, 9.17) is 0 Å². The number of halogens is 3. The minimum absolute atomic E-state index is 0.00627. The van der Waals surface area contributed by atoms with Gasteiger partial charge in [-0.05, 0) is 38.7 Å². The van der Waals surface area contributed by atoms with Crippen LogP contribution in [0.2, 0.25) is 0 Å². The summed E-state index contributed by atoms with van der Waals surface area (Å²) in [6.07, 6.45) is -4.72. The van der Waals surface area contributed by atoms with Gasteiger partial charge in [-0.3, -0.25) is 0 Å². The molecule has 0 bridgehead atoms. The first-order valence-corrected chi connectivity index (χ1v) is 4.92. The minimum atomic E-state index is -4.72. The fraction of sp³-hybridized carbons (Fsp3) is 0.455. The molecule has 0 atom stereocenters. The minimum Gasteiger partial charge on any atom is -0.507 e. The highest BCUT2D eigenvalue weighted by molar-refractivity contribution is 5.45. The summed E-state index contributed by atoms with van der Waals surface area (Å²) in [6, 6.07) is 2.35. The van der Waals surface area contributed by atoms with Crippen LogP contribution in [0.5, 0.6) is 11.5 Å². The van der Waals surface area contributed by atoms with Gasteiger partial charge in [0, 0.05) is 12.1 Å². The summed E-state index contributed by atoms with van der Waals surface area (Å²) in [4.78, 5) is 1.74. The SMILES string of the molecule is Cc1cc(OC(F)(F)F)cc(CN(C)C)c1O. The van der Waals surface area contributed by atoms with Crippen LogP contribution in [0, 0.1) is 6.92 Å². The van der Waals surface area contributed by atoms with Crippen LogP contribution in [-0.2, 0) is 6.54 Å². The summed E-state index contributed by atoms with van der Waals surface area (Å²) >= 11 is 0. The molecule has 0 amide bonds. The van der Waals surface area contributed by atoms with Gasteiger partial charge in [0.25, 0.3) is 0 Å². The van der Waals surface area contributed by atoms with Crippen molar-refractivity contribution in [2.45, 2.75) is 19.8 Å². The highest BCUT2D eigenvalue weighted by Gasteiger charge is 2.31. The Hall–Kier alpha value is -1.43. The van der Waals surface area contributed by atoms with E-state index in [1.165, 1.54) is 13.0 Å². The largest absolute Gasteiger partial charge is 0.573 e. The molecule has 0 spiro atoms. The lowest BCUT2D eigenvalue weighted by Crippen LogP contribution is -2.18. The van der Waals surface area contributed by atoms with E-state index in [2.05, 4.69) is 4.74 Å². The fourth-order valence-corrected chi connectivity index (χ4v) is 1.47. The van der Waals surface area contributed by atoms with Crippen molar-refractivity contribution in [2.75, 3.05) is 14.1 Å². The van der Waals surface area contributed by atoms with E-state index >= 15 is 0 Å². The lowest BCUT2D eigenvalue weighted by Gasteiger charge is -2.15. The molecule has 0 radical (unpaired) electrons. The molecule has 0 unspecified atom stereocenters. The summed E-state index contributed by atoms with van der Waals surface area (Å²) in [7, 11) is 3.51. The van der Waals surface area contributed by atoms with E-state index in [0.29, 0.717) is 17.7 Å². The van der Waals surface area contributed by atoms with Crippen molar-refractivity contribution in [1.82, 2.24) is 4.90 Å². The van der Waals surface area contributed by atoms with Crippen LogP contribution in [0.15, 0.2) is 12.1 Å². The molecule has 0 aromatic heterocycles. The summed E-state index contributed by atoms with van der Waals surface area (Å²) in [5.74, 6) is -0.321. The Morgan fingerprint density at radius 1 is 1.29 bits per heavy atom. The smallest absolute Gasteiger partial charge is 0.507 e. The molecule has 1 aromatic rings. The third-order valence-corrected chi connectivity index (χ3v) is 2.07. The quantitative estimate of drug-likeness (QED) is 0.893. The zero-order chi connectivity index (χ0) is 13.2. The molecule has 96 valence electrons. The Kier molecular flexibility index (Phi) is 3.87. The van der Waals surface area contributed by atoms with Gasteiger partial charge in [-0.25, -0.2) is 0 Å². The van der Waals surface area contributed by atoms with Crippen molar-refractivity contribution in [3.8, 4) is 11.5 Å². The summed E-state index contributed by atoms with van der Waals surface area (Å²) in [5, 5.41) is 9.71. The predicted octanol–water partition coefficient (Wildman–Crippen LogP) is 2.66. The summed E-state index contributed by atoms with van der Waals surface area (Å²) in [6.45, 7) is 1.86. The van der Waals surface area contributed by atoms with Crippen LogP contribution < -0.4 is 4.74 Å². The van der Waals surface area contributed by atoms with Crippen molar-refractivity contribution in [2.24, 2.45) is 0 Å². The van der Waals surface area contributed by atoms with Crippen molar-refractivity contribution >= 4 is 0 Å². The molecule has 0 aliphatic rings. The van der Waals surface area contributed by atoms with E-state index in [9.17, 15) is 18.3 Å². The molecule has 0 fully saturated rings. The molecular formula is C11H14F3NO2. The van der Waals surface area contributed by atoms with E-state index in [1.54, 1.807) is 19.0 Å². The molecular weight excluding hydrogens is 235 g/mol. The van der Waals surface area contributed by atoms with Gasteiger partial charge >= 0.3 is 6.36 Å². The average Bonchev–Trinajstić information content (AvgIpc) is 2.09. The second-order valence-corrected chi connectivity index (χ2v) is 4.03. The number of alkyl halides is 3. The van der Waals surface area contributed by atoms with Gasteiger partial charge in [-0.1, -0.05) is 0 Å². The van der Waals surface area contributed by atoms with Gasteiger partial charge in [-0.15, -0.1) is 13.2 Å². The molecule has 1 rings (SSSR count). The lowest BCUT2D eigenvalue weighted by atomic mass is 10.1. The summed E-state index contributed by atoms with van der Waals surface area (Å²) < 4.78 is 40.0. The van der Waals surface area contributed by atoms with Crippen molar-refractivity contribution < 1.29 is 23.0 Å². The highest BCUT2D eigenvalue weighted by Crippen LogP contribution is 2.31. The monoisotopic (exact) mass is 249 g/mol. The van der Waals surface area contributed by atoms with E-state index < -0.39 is 6.36 Å². The van der Waals surface area contributed by atoms with Gasteiger partial charge < -0.3 is 14.7 Å². The van der Waals surface area contributed by atoms with Crippen molar-refractivity contribution in [3.05, 3.63) is 23.3 Å². The van der Waals surface area contributed by atoms with Crippen LogP contribution in [0.1, 0.15) is 11.1 Å². The van der Waals surface area contributed by atoms with Gasteiger partial charge in [0.15, 0.2) is 0 Å². The Labute approximate surface area is 97.4 Å². The second-order valence-electron chi connectivity index (χ2n) is 4.03. The first-order valence-electron chi connectivity index (χ1n) is 4.92. The molecule has 0 aliphatic heterocycles. The first kappa shape index (κ1) is 13.6. The molecule has 1 aromatic carbocycles. The van der Waals surface area contributed by atoms with Gasteiger partial charge in [-0.2, -0.15) is 0 Å². The zero-order valence-corrected chi connectivity index (χ0v) is 9.80. The topological polar surface area (TPSA) is 32.7 Å². The maximum Gasteiger partial charge on any atom is 0.573 e. The predicted molar refractivity (Wildman–Crippen MR) is 56.9 cm³/mol. The van der Waals surface area contributed by atoms with Crippen molar-refractivity contribution in [1.29, 1.82) is 0 Å². The molecule has 0 heterocycles. The fourth-order valence-electron chi connectivity index (χ4n) is 1.47. The zero-order valence-electron chi connectivity index (χ0n) is 9.80.